The standard InChI is InChI=1S/C19H16ClNO3/c1-11-2-7-14-16(10-21-17(14)8-11)15(19(23)24)9-18(22)12-3-5-13(20)6-4-12/h2-8,10,15,21H,9H2,1H3,(H,23,24). The van der Waals surface area contributed by atoms with E-state index >= 15 is 0 Å². The molecule has 3 rings (SSSR count). The minimum Gasteiger partial charge on any atom is -0.481 e. The molecule has 0 bridgehead atoms. The first-order chi connectivity index (χ1) is 11.5. The number of hydrogen-bond donors (Lipinski definition) is 2. The number of aromatic amines is 1. The topological polar surface area (TPSA) is 70.2 Å². The van der Waals surface area contributed by atoms with Crippen molar-refractivity contribution in [3.8, 4) is 0 Å². The summed E-state index contributed by atoms with van der Waals surface area (Å²) in [6.45, 7) is 1.97. The van der Waals surface area contributed by atoms with E-state index in [1.54, 1.807) is 30.5 Å². The third-order valence-electron chi connectivity index (χ3n) is 4.10. The number of carboxylic acids is 1. The number of ketones is 1. The van der Waals surface area contributed by atoms with Gasteiger partial charge in [0.15, 0.2) is 5.78 Å². The maximum atomic E-state index is 12.4. The van der Waals surface area contributed by atoms with Crippen molar-refractivity contribution in [3.05, 3.63) is 70.4 Å². The van der Waals surface area contributed by atoms with Gasteiger partial charge in [-0.15, -0.1) is 0 Å². The number of nitrogens with one attached hydrogen (secondary N) is 1. The van der Waals surface area contributed by atoms with E-state index in [1.807, 2.05) is 25.1 Å². The first-order valence-corrected chi connectivity index (χ1v) is 7.92. The molecule has 24 heavy (non-hydrogen) atoms. The SMILES string of the molecule is Cc1ccc2c(C(CC(=O)c3ccc(Cl)cc3)C(=O)O)c[nH]c2c1. The molecule has 1 unspecified atom stereocenters. The Kier molecular flexibility index (Phi) is 4.40. The van der Waals surface area contributed by atoms with E-state index in [1.165, 1.54) is 0 Å². The quantitative estimate of drug-likeness (QED) is 0.668. The van der Waals surface area contributed by atoms with Gasteiger partial charge in [-0.2, -0.15) is 0 Å². The zero-order valence-electron chi connectivity index (χ0n) is 13.0. The number of rotatable bonds is 5. The molecule has 3 aromatic rings. The molecule has 1 aromatic heterocycles. The Bertz CT molecular complexity index is 912. The minimum absolute atomic E-state index is 0.0994. The van der Waals surface area contributed by atoms with E-state index in [-0.39, 0.29) is 12.2 Å². The molecule has 0 saturated heterocycles. The average Bonchev–Trinajstić information content (AvgIpc) is 2.95. The summed E-state index contributed by atoms with van der Waals surface area (Å²) in [7, 11) is 0. The van der Waals surface area contributed by atoms with E-state index < -0.39 is 11.9 Å². The van der Waals surface area contributed by atoms with Crippen molar-refractivity contribution in [3.63, 3.8) is 0 Å². The van der Waals surface area contributed by atoms with Crippen LogP contribution in [0.5, 0.6) is 0 Å². The lowest BCUT2D eigenvalue weighted by atomic mass is 9.91. The van der Waals surface area contributed by atoms with Crippen LogP contribution in [0.25, 0.3) is 10.9 Å². The molecule has 0 spiro atoms. The first kappa shape index (κ1) is 16.3. The number of halogens is 1. The summed E-state index contributed by atoms with van der Waals surface area (Å²) in [6, 6.07) is 12.2. The van der Waals surface area contributed by atoms with Crippen LogP contribution in [0, 0.1) is 6.92 Å². The van der Waals surface area contributed by atoms with E-state index in [0.717, 1.165) is 16.5 Å². The Morgan fingerprint density at radius 2 is 1.88 bits per heavy atom. The first-order valence-electron chi connectivity index (χ1n) is 7.55. The van der Waals surface area contributed by atoms with E-state index in [9.17, 15) is 14.7 Å². The highest BCUT2D eigenvalue weighted by molar-refractivity contribution is 6.30. The molecule has 2 N–H and O–H groups in total. The van der Waals surface area contributed by atoms with Gasteiger partial charge in [0.05, 0.1) is 5.92 Å². The highest BCUT2D eigenvalue weighted by atomic mass is 35.5. The van der Waals surface area contributed by atoms with Crippen LogP contribution < -0.4 is 0 Å². The van der Waals surface area contributed by atoms with Crippen molar-refractivity contribution >= 4 is 34.3 Å². The molecule has 0 amide bonds. The Morgan fingerprint density at radius 3 is 2.54 bits per heavy atom. The molecular formula is C19H16ClNO3. The van der Waals surface area contributed by atoms with Crippen LogP contribution >= 0.6 is 11.6 Å². The summed E-state index contributed by atoms with van der Waals surface area (Å²) in [5.74, 6) is -2.14. The number of aromatic nitrogens is 1. The van der Waals surface area contributed by atoms with E-state index in [4.69, 9.17) is 11.6 Å². The monoisotopic (exact) mass is 341 g/mol. The molecule has 5 heteroatoms. The van der Waals surface area contributed by atoms with Crippen molar-refractivity contribution in [1.82, 2.24) is 4.98 Å². The summed E-state index contributed by atoms with van der Waals surface area (Å²) in [5.41, 5.74) is 3.04. The third kappa shape index (κ3) is 3.19. The number of aliphatic carboxylic acids is 1. The smallest absolute Gasteiger partial charge is 0.311 e. The zero-order chi connectivity index (χ0) is 17.3. The van der Waals surface area contributed by atoms with Crippen LogP contribution in [0.15, 0.2) is 48.7 Å². The van der Waals surface area contributed by atoms with Gasteiger partial charge in [0.1, 0.15) is 0 Å². The van der Waals surface area contributed by atoms with Crippen LogP contribution in [0.3, 0.4) is 0 Å². The normalized spacial score (nSPS) is 12.2. The summed E-state index contributed by atoms with van der Waals surface area (Å²) in [5, 5.41) is 11.0. The van der Waals surface area contributed by atoms with Gasteiger partial charge in [0.25, 0.3) is 0 Å². The Morgan fingerprint density at radius 1 is 1.17 bits per heavy atom. The van der Waals surface area contributed by atoms with Gasteiger partial charge < -0.3 is 10.1 Å². The van der Waals surface area contributed by atoms with Gasteiger partial charge in [0.2, 0.25) is 0 Å². The third-order valence-corrected chi connectivity index (χ3v) is 4.35. The highest BCUT2D eigenvalue weighted by Crippen LogP contribution is 2.30. The predicted molar refractivity (Wildman–Crippen MR) is 93.8 cm³/mol. The number of benzene rings is 2. The maximum absolute atomic E-state index is 12.4. The van der Waals surface area contributed by atoms with Gasteiger partial charge >= 0.3 is 5.97 Å². The molecule has 0 saturated carbocycles. The molecule has 0 aliphatic rings. The van der Waals surface area contributed by atoms with Gasteiger partial charge in [0, 0.05) is 34.1 Å². The average molecular weight is 342 g/mol. The van der Waals surface area contributed by atoms with Crippen LogP contribution in [0.4, 0.5) is 0 Å². The lowest BCUT2D eigenvalue weighted by molar-refractivity contribution is -0.138. The summed E-state index contributed by atoms with van der Waals surface area (Å²) >= 11 is 5.82. The maximum Gasteiger partial charge on any atom is 0.311 e. The summed E-state index contributed by atoms with van der Waals surface area (Å²) < 4.78 is 0. The van der Waals surface area contributed by atoms with Crippen LogP contribution in [-0.2, 0) is 4.79 Å². The number of fused-ring (bicyclic) bond motifs is 1. The molecule has 1 atom stereocenters. The number of H-pyrrole nitrogens is 1. The van der Waals surface area contributed by atoms with Gasteiger partial charge in [-0.05, 0) is 48.4 Å². The number of carbonyl (C=O) groups excluding carboxylic acids is 1. The Hall–Kier alpha value is -2.59. The second kappa shape index (κ2) is 6.49. The molecule has 4 nitrogen and oxygen atoms in total. The number of hydrogen-bond acceptors (Lipinski definition) is 2. The van der Waals surface area contributed by atoms with E-state index in [2.05, 4.69) is 4.98 Å². The summed E-state index contributed by atoms with van der Waals surface area (Å²) in [6.07, 6.45) is 1.58. The van der Waals surface area contributed by atoms with E-state index in [0.29, 0.717) is 16.1 Å². The fourth-order valence-electron chi connectivity index (χ4n) is 2.82. The number of Topliss-reactive ketones (excluding diaryl/α,β-unsaturated/α-hetero) is 1. The Balaban J connectivity index is 1.93. The number of carbonyl (C=O) groups is 2. The predicted octanol–water partition coefficient (Wildman–Crippen LogP) is 4.57. The molecular weight excluding hydrogens is 326 g/mol. The lowest BCUT2D eigenvalue weighted by Crippen LogP contribution is -2.16. The second-order valence-corrected chi connectivity index (χ2v) is 6.25. The minimum atomic E-state index is -1.02. The van der Waals surface area contributed by atoms with Crippen molar-refractivity contribution in [2.24, 2.45) is 0 Å². The highest BCUT2D eigenvalue weighted by Gasteiger charge is 2.26. The van der Waals surface area contributed by atoms with Gasteiger partial charge in [-0.25, -0.2) is 0 Å². The number of carboxylic acid groups (broad SMARTS) is 1. The lowest BCUT2D eigenvalue weighted by Gasteiger charge is -2.11. The van der Waals surface area contributed by atoms with Crippen molar-refractivity contribution < 1.29 is 14.7 Å². The van der Waals surface area contributed by atoms with Crippen molar-refractivity contribution in [1.29, 1.82) is 0 Å². The second-order valence-electron chi connectivity index (χ2n) is 5.82. The molecule has 2 aromatic carbocycles. The van der Waals surface area contributed by atoms with Crippen LogP contribution in [0.1, 0.15) is 33.8 Å². The van der Waals surface area contributed by atoms with Crippen molar-refractivity contribution in [2.75, 3.05) is 0 Å². The van der Waals surface area contributed by atoms with Gasteiger partial charge in [-0.3, -0.25) is 9.59 Å². The fourth-order valence-corrected chi connectivity index (χ4v) is 2.95. The van der Waals surface area contributed by atoms with Gasteiger partial charge in [-0.1, -0.05) is 23.7 Å². The fraction of sp³-hybridized carbons (Fsp3) is 0.158. The molecule has 1 heterocycles. The molecule has 0 aliphatic heterocycles. The van der Waals surface area contributed by atoms with Crippen LogP contribution in [0.2, 0.25) is 5.02 Å². The largest absolute Gasteiger partial charge is 0.481 e. The molecule has 0 fully saturated rings. The molecule has 0 aliphatic carbocycles. The number of aryl methyl sites for hydroxylation is 1. The molecule has 0 radical (unpaired) electrons. The van der Waals surface area contributed by atoms with Crippen LogP contribution in [-0.4, -0.2) is 21.8 Å². The zero-order valence-corrected chi connectivity index (χ0v) is 13.8. The van der Waals surface area contributed by atoms with Crippen molar-refractivity contribution in [2.45, 2.75) is 19.3 Å². The Labute approximate surface area is 144 Å². The summed E-state index contributed by atoms with van der Waals surface area (Å²) in [4.78, 5) is 27.3. The molecule has 122 valence electrons.